The summed E-state index contributed by atoms with van der Waals surface area (Å²) < 4.78 is 0. The minimum absolute atomic E-state index is 1.13. The maximum Gasteiger partial charge on any atom is 0.0131 e. The number of rotatable bonds is 3. The molecule has 70 valence electrons. The van der Waals surface area contributed by atoms with Crippen LogP contribution in [0, 0.1) is 0 Å². The number of thioether (sulfide) groups is 1. The molecule has 1 rings (SSSR count). The van der Waals surface area contributed by atoms with Crippen LogP contribution in [0.1, 0.15) is 26.3 Å². The summed E-state index contributed by atoms with van der Waals surface area (Å²) in [6.07, 6.45) is 0. The molecular formula is C12H16S. The van der Waals surface area contributed by atoms with E-state index < -0.39 is 0 Å². The van der Waals surface area contributed by atoms with Crippen LogP contribution in [0.25, 0.3) is 4.91 Å². The highest BCUT2D eigenvalue weighted by Gasteiger charge is 2.01. The van der Waals surface area contributed by atoms with Gasteiger partial charge in [0.05, 0.1) is 0 Å². The van der Waals surface area contributed by atoms with E-state index in [-0.39, 0.29) is 0 Å². The van der Waals surface area contributed by atoms with Crippen LogP contribution in [0.4, 0.5) is 0 Å². The van der Waals surface area contributed by atoms with E-state index in [1.54, 1.807) is 0 Å². The zero-order valence-electron chi connectivity index (χ0n) is 8.50. The van der Waals surface area contributed by atoms with E-state index in [0.717, 1.165) is 5.75 Å². The molecule has 1 aromatic carbocycles. The van der Waals surface area contributed by atoms with Gasteiger partial charge in [-0.3, -0.25) is 0 Å². The van der Waals surface area contributed by atoms with Gasteiger partial charge in [-0.1, -0.05) is 42.8 Å². The summed E-state index contributed by atoms with van der Waals surface area (Å²) in [6.45, 7) is 6.53. The lowest BCUT2D eigenvalue weighted by molar-refractivity contribution is 1.41. The third-order valence-corrected chi connectivity index (χ3v) is 3.00. The molecule has 0 saturated carbocycles. The first-order valence-electron chi connectivity index (χ1n) is 4.61. The van der Waals surface area contributed by atoms with Crippen LogP contribution < -0.4 is 0 Å². The second-order valence-electron chi connectivity index (χ2n) is 3.13. The van der Waals surface area contributed by atoms with Crippen molar-refractivity contribution in [3.63, 3.8) is 0 Å². The highest BCUT2D eigenvalue weighted by atomic mass is 32.2. The fourth-order valence-corrected chi connectivity index (χ4v) is 2.13. The molecule has 0 atom stereocenters. The van der Waals surface area contributed by atoms with Crippen molar-refractivity contribution in [2.45, 2.75) is 20.8 Å². The monoisotopic (exact) mass is 192 g/mol. The lowest BCUT2D eigenvalue weighted by Crippen LogP contribution is -1.83. The third kappa shape index (κ3) is 2.92. The molecule has 0 aliphatic rings. The highest BCUT2D eigenvalue weighted by Crippen LogP contribution is 2.29. The molecule has 0 aromatic heterocycles. The number of hydrogen-bond acceptors (Lipinski definition) is 1. The summed E-state index contributed by atoms with van der Waals surface area (Å²) in [5.74, 6) is 1.13. The van der Waals surface area contributed by atoms with E-state index in [1.807, 2.05) is 11.8 Å². The fraction of sp³-hybridized carbons (Fsp3) is 0.333. The summed E-state index contributed by atoms with van der Waals surface area (Å²) in [5.41, 5.74) is 2.74. The summed E-state index contributed by atoms with van der Waals surface area (Å²) in [4.78, 5) is 1.42. The molecule has 0 spiro atoms. The number of hydrogen-bond donors (Lipinski definition) is 0. The predicted octanol–water partition coefficient (Wildman–Crippen LogP) is 4.19. The van der Waals surface area contributed by atoms with Crippen molar-refractivity contribution in [1.29, 1.82) is 0 Å². The predicted molar refractivity (Wildman–Crippen MR) is 62.8 cm³/mol. The molecule has 0 nitrogen and oxygen atoms in total. The largest absolute Gasteiger partial charge is 0.126 e. The topological polar surface area (TPSA) is 0 Å². The molecule has 0 bridgehead atoms. The molecule has 1 heteroatoms. The van der Waals surface area contributed by atoms with E-state index >= 15 is 0 Å². The first-order valence-corrected chi connectivity index (χ1v) is 5.60. The maximum absolute atomic E-state index is 2.19. The molecule has 0 heterocycles. The van der Waals surface area contributed by atoms with Gasteiger partial charge in [0.15, 0.2) is 0 Å². The van der Waals surface area contributed by atoms with Gasteiger partial charge in [-0.2, -0.15) is 0 Å². The summed E-state index contributed by atoms with van der Waals surface area (Å²) >= 11 is 1.92. The van der Waals surface area contributed by atoms with Crippen LogP contribution in [-0.2, 0) is 0 Å². The zero-order chi connectivity index (χ0) is 9.68. The lowest BCUT2D eigenvalue weighted by atomic mass is 10.1. The van der Waals surface area contributed by atoms with Gasteiger partial charge in [0.1, 0.15) is 0 Å². The van der Waals surface area contributed by atoms with Crippen molar-refractivity contribution < 1.29 is 0 Å². The first kappa shape index (κ1) is 10.4. The molecule has 0 amide bonds. The number of benzene rings is 1. The molecule has 0 N–H and O–H groups in total. The Labute approximate surface area is 85.1 Å². The standard InChI is InChI=1S/C12H16S/c1-4-13-12(10(2)3)11-8-6-5-7-9-11/h5-9H,4H2,1-3H3. The van der Waals surface area contributed by atoms with Crippen LogP contribution in [-0.4, -0.2) is 5.75 Å². The van der Waals surface area contributed by atoms with E-state index in [9.17, 15) is 0 Å². The van der Waals surface area contributed by atoms with Crippen LogP contribution >= 0.6 is 11.8 Å². The Kier molecular flexibility index (Phi) is 4.10. The SMILES string of the molecule is CCSC(=C(C)C)c1ccccc1. The fourth-order valence-electron chi connectivity index (χ4n) is 1.25. The van der Waals surface area contributed by atoms with Gasteiger partial charge in [0.25, 0.3) is 0 Å². The van der Waals surface area contributed by atoms with Crippen molar-refractivity contribution in [3.05, 3.63) is 41.5 Å². The molecule has 0 radical (unpaired) electrons. The van der Waals surface area contributed by atoms with Crippen LogP contribution in [0.3, 0.4) is 0 Å². The Morgan fingerprint density at radius 1 is 1.15 bits per heavy atom. The Morgan fingerprint density at radius 3 is 2.23 bits per heavy atom. The molecule has 0 unspecified atom stereocenters. The van der Waals surface area contributed by atoms with Crippen molar-refractivity contribution >= 4 is 16.7 Å². The normalized spacial score (nSPS) is 9.77. The van der Waals surface area contributed by atoms with Crippen molar-refractivity contribution in [2.24, 2.45) is 0 Å². The van der Waals surface area contributed by atoms with E-state index in [4.69, 9.17) is 0 Å². The Bertz CT molecular complexity index is 281. The van der Waals surface area contributed by atoms with Gasteiger partial charge in [-0.05, 0) is 25.2 Å². The Morgan fingerprint density at radius 2 is 1.77 bits per heavy atom. The van der Waals surface area contributed by atoms with Gasteiger partial charge < -0.3 is 0 Å². The van der Waals surface area contributed by atoms with Crippen LogP contribution in [0.15, 0.2) is 35.9 Å². The van der Waals surface area contributed by atoms with E-state index in [0.29, 0.717) is 0 Å². The van der Waals surface area contributed by atoms with Crippen molar-refractivity contribution in [2.75, 3.05) is 5.75 Å². The molecule has 13 heavy (non-hydrogen) atoms. The molecular weight excluding hydrogens is 176 g/mol. The smallest absolute Gasteiger partial charge is 0.0131 e. The minimum Gasteiger partial charge on any atom is -0.126 e. The quantitative estimate of drug-likeness (QED) is 0.692. The minimum atomic E-state index is 1.13. The summed E-state index contributed by atoms with van der Waals surface area (Å²) in [6, 6.07) is 10.6. The van der Waals surface area contributed by atoms with Gasteiger partial charge in [-0.25, -0.2) is 0 Å². The second-order valence-corrected chi connectivity index (χ2v) is 4.40. The maximum atomic E-state index is 2.19. The lowest BCUT2D eigenvalue weighted by Gasteiger charge is -2.07. The zero-order valence-corrected chi connectivity index (χ0v) is 9.32. The average Bonchev–Trinajstić information content (AvgIpc) is 2.15. The first-order chi connectivity index (χ1) is 6.25. The Balaban J connectivity index is 2.97. The molecule has 0 aliphatic heterocycles. The van der Waals surface area contributed by atoms with Crippen LogP contribution in [0.2, 0.25) is 0 Å². The second kappa shape index (κ2) is 5.13. The molecule has 0 fully saturated rings. The Hall–Kier alpha value is -0.690. The average molecular weight is 192 g/mol. The van der Waals surface area contributed by atoms with Crippen LogP contribution in [0.5, 0.6) is 0 Å². The van der Waals surface area contributed by atoms with Crippen molar-refractivity contribution in [3.8, 4) is 0 Å². The van der Waals surface area contributed by atoms with Gasteiger partial charge in [-0.15, -0.1) is 11.8 Å². The van der Waals surface area contributed by atoms with Gasteiger partial charge in [0, 0.05) is 4.91 Å². The molecule has 0 saturated heterocycles. The summed E-state index contributed by atoms with van der Waals surface area (Å²) in [5, 5.41) is 0. The summed E-state index contributed by atoms with van der Waals surface area (Å²) in [7, 11) is 0. The van der Waals surface area contributed by atoms with Gasteiger partial charge >= 0.3 is 0 Å². The van der Waals surface area contributed by atoms with E-state index in [1.165, 1.54) is 16.0 Å². The third-order valence-electron chi connectivity index (χ3n) is 1.78. The molecule has 1 aromatic rings. The van der Waals surface area contributed by atoms with E-state index in [2.05, 4.69) is 51.1 Å². The number of allylic oxidation sites excluding steroid dienone is 1. The van der Waals surface area contributed by atoms with Crippen molar-refractivity contribution in [1.82, 2.24) is 0 Å². The molecule has 0 aliphatic carbocycles. The van der Waals surface area contributed by atoms with Gasteiger partial charge in [0.2, 0.25) is 0 Å². The highest BCUT2D eigenvalue weighted by molar-refractivity contribution is 8.08.